The smallest absolute Gasteiger partial charge is 0.271 e. The molecule has 0 saturated heterocycles. The minimum absolute atomic E-state index is 0.00853. The van der Waals surface area contributed by atoms with E-state index in [0.29, 0.717) is 29.0 Å². The molecule has 3 aromatic rings. The summed E-state index contributed by atoms with van der Waals surface area (Å²) in [6.45, 7) is 0.456. The lowest BCUT2D eigenvalue weighted by atomic mass is 10.1. The summed E-state index contributed by atoms with van der Waals surface area (Å²) in [6.07, 6.45) is 0.583. The number of nitro groups is 2. The Labute approximate surface area is 151 Å². The van der Waals surface area contributed by atoms with Gasteiger partial charge in [0, 0.05) is 36.4 Å². The van der Waals surface area contributed by atoms with Gasteiger partial charge in [0.05, 0.1) is 33.2 Å². The Bertz CT molecular complexity index is 1100. The Morgan fingerprint density at radius 1 is 1.04 bits per heavy atom. The van der Waals surface area contributed by atoms with E-state index in [2.05, 4.69) is 15.0 Å². The highest BCUT2D eigenvalue weighted by atomic mass is 16.6. The number of aromatic nitrogens is 2. The van der Waals surface area contributed by atoms with Crippen LogP contribution in [0.25, 0.3) is 11.0 Å². The average molecular weight is 367 g/mol. The molecular formula is C17H13N5O5. The van der Waals surface area contributed by atoms with E-state index in [0.717, 1.165) is 11.3 Å². The second-order valence-electron chi connectivity index (χ2n) is 6.06. The van der Waals surface area contributed by atoms with E-state index in [1.807, 2.05) is 0 Å². The number of fused-ring (bicyclic) bond motifs is 2. The molecule has 0 aliphatic carbocycles. The monoisotopic (exact) mass is 367 g/mol. The topological polar surface area (TPSA) is 137 Å². The average Bonchev–Trinajstić information content (AvgIpc) is 3.22. The fourth-order valence-corrected chi connectivity index (χ4v) is 2.93. The van der Waals surface area contributed by atoms with E-state index < -0.39 is 9.85 Å². The lowest BCUT2D eigenvalue weighted by molar-refractivity contribution is -0.384. The Morgan fingerprint density at radius 2 is 1.78 bits per heavy atom. The molecule has 0 spiro atoms. The van der Waals surface area contributed by atoms with Gasteiger partial charge in [0.2, 0.25) is 0 Å². The van der Waals surface area contributed by atoms with E-state index >= 15 is 0 Å². The number of imidazole rings is 1. The third-order valence-electron chi connectivity index (χ3n) is 4.19. The third kappa shape index (κ3) is 3.37. The predicted octanol–water partition coefficient (Wildman–Crippen LogP) is 3.22. The minimum atomic E-state index is -0.462. The van der Waals surface area contributed by atoms with Crippen LogP contribution in [0.1, 0.15) is 11.4 Å². The maximum atomic E-state index is 10.8. The van der Waals surface area contributed by atoms with Crippen LogP contribution in [-0.4, -0.2) is 32.1 Å². The molecule has 4 rings (SSSR count). The van der Waals surface area contributed by atoms with Crippen LogP contribution in [0.3, 0.4) is 0 Å². The van der Waals surface area contributed by atoms with Gasteiger partial charge in [-0.15, -0.1) is 0 Å². The molecule has 10 nitrogen and oxygen atoms in total. The van der Waals surface area contributed by atoms with Gasteiger partial charge >= 0.3 is 0 Å². The van der Waals surface area contributed by atoms with Gasteiger partial charge in [0.1, 0.15) is 12.4 Å². The molecule has 0 amide bonds. The number of hydrogen-bond acceptors (Lipinski definition) is 7. The van der Waals surface area contributed by atoms with Crippen molar-refractivity contribution >= 4 is 33.8 Å². The first-order chi connectivity index (χ1) is 13.0. The molecule has 2 aromatic carbocycles. The van der Waals surface area contributed by atoms with E-state index in [-0.39, 0.29) is 24.6 Å². The summed E-state index contributed by atoms with van der Waals surface area (Å²) in [6, 6.07) is 9.03. The van der Waals surface area contributed by atoms with Crippen molar-refractivity contribution < 1.29 is 14.6 Å². The Hall–Kier alpha value is -3.66. The highest BCUT2D eigenvalue weighted by Gasteiger charge is 2.18. The summed E-state index contributed by atoms with van der Waals surface area (Å²) in [5.74, 6) is 0.553. The zero-order valence-electron chi connectivity index (χ0n) is 13.9. The fraction of sp³-hybridized carbons (Fsp3) is 0.176. The molecular weight excluding hydrogens is 354 g/mol. The lowest BCUT2D eigenvalue weighted by Gasteiger charge is -2.01. The van der Waals surface area contributed by atoms with Crippen molar-refractivity contribution in [2.75, 3.05) is 6.61 Å². The van der Waals surface area contributed by atoms with Gasteiger partial charge in [-0.25, -0.2) is 4.98 Å². The number of nitrogens with one attached hydrogen (secondary N) is 1. The lowest BCUT2D eigenvalue weighted by Crippen LogP contribution is -2.09. The molecule has 136 valence electrons. The molecule has 1 aromatic heterocycles. The molecule has 0 bridgehead atoms. The van der Waals surface area contributed by atoms with E-state index in [1.165, 1.54) is 24.3 Å². The third-order valence-corrected chi connectivity index (χ3v) is 4.19. The quantitative estimate of drug-likeness (QED) is 0.524. The zero-order chi connectivity index (χ0) is 19.0. The van der Waals surface area contributed by atoms with E-state index in [9.17, 15) is 20.2 Å². The van der Waals surface area contributed by atoms with Gasteiger partial charge in [-0.05, 0) is 17.7 Å². The number of H-pyrrole nitrogens is 1. The first-order valence-electron chi connectivity index (χ1n) is 8.04. The van der Waals surface area contributed by atoms with E-state index in [4.69, 9.17) is 4.74 Å². The number of ether oxygens (including phenoxy) is 1. The number of nitro benzene ring substituents is 2. The summed E-state index contributed by atoms with van der Waals surface area (Å²) in [5.41, 5.74) is 3.49. The second kappa shape index (κ2) is 6.57. The van der Waals surface area contributed by atoms with Crippen LogP contribution in [0.15, 0.2) is 41.4 Å². The normalized spacial score (nSPS) is 12.8. The molecule has 0 unspecified atom stereocenters. The molecule has 1 aliphatic rings. The SMILES string of the molecule is O=[N+]([O-])c1ccc2c(c1)N=C(COCc1nc3ccc([N+](=O)[O-])cc3[nH]1)C2. The molecule has 2 heterocycles. The maximum absolute atomic E-state index is 10.8. The van der Waals surface area contributed by atoms with Crippen molar-refractivity contribution in [2.45, 2.75) is 13.0 Å². The van der Waals surface area contributed by atoms with Gasteiger partial charge in [-0.3, -0.25) is 25.2 Å². The summed E-state index contributed by atoms with van der Waals surface area (Å²) < 4.78 is 5.63. The van der Waals surface area contributed by atoms with Crippen LogP contribution in [0.2, 0.25) is 0 Å². The van der Waals surface area contributed by atoms with Gasteiger partial charge in [0.25, 0.3) is 11.4 Å². The number of rotatable bonds is 6. The largest absolute Gasteiger partial charge is 0.368 e. The van der Waals surface area contributed by atoms with Crippen LogP contribution in [0, 0.1) is 20.2 Å². The molecule has 27 heavy (non-hydrogen) atoms. The number of hydrogen-bond donors (Lipinski definition) is 1. The molecule has 10 heteroatoms. The van der Waals surface area contributed by atoms with Crippen molar-refractivity contribution in [3.8, 4) is 0 Å². The number of non-ortho nitro benzene ring substituents is 2. The maximum Gasteiger partial charge on any atom is 0.271 e. The number of aliphatic imine (C=N–C) groups is 1. The van der Waals surface area contributed by atoms with Crippen molar-refractivity contribution in [1.29, 1.82) is 0 Å². The van der Waals surface area contributed by atoms with Crippen LogP contribution >= 0.6 is 0 Å². The Balaban J connectivity index is 1.40. The van der Waals surface area contributed by atoms with Crippen LogP contribution in [-0.2, 0) is 17.8 Å². The molecule has 1 aliphatic heterocycles. The summed E-state index contributed by atoms with van der Waals surface area (Å²) in [4.78, 5) is 32.4. The molecule has 0 saturated carbocycles. The van der Waals surface area contributed by atoms with Gasteiger partial charge in [0.15, 0.2) is 0 Å². The standard InChI is InChI=1S/C17H13N5O5/c23-21(24)12-2-1-10-5-11(18-15(10)6-12)8-27-9-17-19-14-4-3-13(22(25)26)7-16(14)20-17/h1-4,6-7H,5,8-9H2,(H,19,20). The first kappa shape index (κ1) is 16.8. The number of aromatic amines is 1. The number of benzene rings is 2. The van der Waals surface area contributed by atoms with Crippen LogP contribution in [0.5, 0.6) is 0 Å². The summed E-state index contributed by atoms with van der Waals surface area (Å²) in [5, 5.41) is 21.6. The highest BCUT2D eigenvalue weighted by molar-refractivity contribution is 5.95. The molecule has 0 atom stereocenters. The fourth-order valence-electron chi connectivity index (χ4n) is 2.93. The molecule has 0 fully saturated rings. The second-order valence-corrected chi connectivity index (χ2v) is 6.06. The predicted molar refractivity (Wildman–Crippen MR) is 96.3 cm³/mol. The van der Waals surface area contributed by atoms with Crippen molar-refractivity contribution in [1.82, 2.24) is 9.97 Å². The van der Waals surface area contributed by atoms with Gasteiger partial charge in [-0.2, -0.15) is 0 Å². The summed E-state index contributed by atoms with van der Waals surface area (Å²) in [7, 11) is 0. The minimum Gasteiger partial charge on any atom is -0.368 e. The van der Waals surface area contributed by atoms with Crippen LogP contribution < -0.4 is 0 Å². The van der Waals surface area contributed by atoms with Crippen molar-refractivity contribution in [2.24, 2.45) is 4.99 Å². The first-order valence-corrected chi connectivity index (χ1v) is 8.04. The highest BCUT2D eigenvalue weighted by Crippen LogP contribution is 2.30. The Morgan fingerprint density at radius 3 is 2.56 bits per heavy atom. The van der Waals surface area contributed by atoms with E-state index in [1.54, 1.807) is 12.1 Å². The van der Waals surface area contributed by atoms with Crippen molar-refractivity contribution in [3.05, 3.63) is 68.0 Å². The number of nitrogens with zero attached hydrogens (tertiary/aromatic N) is 4. The summed E-state index contributed by atoms with van der Waals surface area (Å²) >= 11 is 0. The van der Waals surface area contributed by atoms with Crippen molar-refractivity contribution in [3.63, 3.8) is 0 Å². The van der Waals surface area contributed by atoms with Gasteiger partial charge < -0.3 is 9.72 Å². The molecule has 1 N–H and O–H groups in total. The zero-order valence-corrected chi connectivity index (χ0v) is 13.9. The van der Waals surface area contributed by atoms with Gasteiger partial charge in [-0.1, -0.05) is 0 Å². The van der Waals surface area contributed by atoms with Crippen LogP contribution in [0.4, 0.5) is 17.1 Å². The molecule has 0 radical (unpaired) electrons. The Kier molecular flexibility index (Phi) is 4.09.